The predicted molar refractivity (Wildman–Crippen MR) is 94.2 cm³/mol. The second-order valence-electron chi connectivity index (χ2n) is 6.80. The van der Waals surface area contributed by atoms with E-state index in [-0.39, 0.29) is 10.8 Å². The summed E-state index contributed by atoms with van der Waals surface area (Å²) in [5.74, 6) is -0.160. The van der Waals surface area contributed by atoms with Gasteiger partial charge in [0.2, 0.25) is 10.0 Å². The van der Waals surface area contributed by atoms with Gasteiger partial charge in [-0.1, -0.05) is 0 Å². The maximum absolute atomic E-state index is 13.3. The number of ether oxygens (including phenoxy) is 1. The van der Waals surface area contributed by atoms with E-state index in [1.165, 1.54) is 4.31 Å². The molecule has 0 saturated carbocycles. The minimum absolute atomic E-state index is 0.160. The van der Waals surface area contributed by atoms with E-state index in [2.05, 4.69) is 0 Å². The Balaban J connectivity index is 2.06. The first-order chi connectivity index (χ1) is 11.9. The van der Waals surface area contributed by atoms with Crippen molar-refractivity contribution in [1.29, 1.82) is 0 Å². The van der Waals surface area contributed by atoms with E-state index in [0.29, 0.717) is 56.3 Å². The van der Waals surface area contributed by atoms with Crippen molar-refractivity contribution < 1.29 is 17.9 Å². The molecule has 7 nitrogen and oxygen atoms in total. The molecule has 0 N–H and O–H groups in total. The minimum Gasteiger partial charge on any atom is -0.379 e. The summed E-state index contributed by atoms with van der Waals surface area (Å²) >= 11 is 0. The van der Waals surface area contributed by atoms with Crippen LogP contribution in [-0.4, -0.2) is 67.5 Å². The van der Waals surface area contributed by atoms with Gasteiger partial charge in [0, 0.05) is 44.6 Å². The zero-order chi connectivity index (χ0) is 18.2. The smallest absolute Gasteiger partial charge is 0.257 e. The summed E-state index contributed by atoms with van der Waals surface area (Å²) in [7, 11) is -1.91. The molecule has 0 aromatic carbocycles. The van der Waals surface area contributed by atoms with Crippen LogP contribution >= 0.6 is 0 Å². The van der Waals surface area contributed by atoms with Crippen LogP contribution in [0.5, 0.6) is 0 Å². The summed E-state index contributed by atoms with van der Waals surface area (Å²) in [4.78, 5) is 15.1. The molecule has 1 aromatic heterocycles. The molecule has 25 heavy (non-hydrogen) atoms. The summed E-state index contributed by atoms with van der Waals surface area (Å²) in [5, 5.41) is 0. The molecule has 0 atom stereocenters. The third-order valence-corrected chi connectivity index (χ3v) is 7.41. The average Bonchev–Trinajstić information content (AvgIpc) is 2.87. The third-order valence-electron chi connectivity index (χ3n) is 5.35. The van der Waals surface area contributed by atoms with Crippen LogP contribution < -0.4 is 0 Å². The Morgan fingerprint density at radius 2 is 1.56 bits per heavy atom. The maximum atomic E-state index is 13.3. The van der Waals surface area contributed by atoms with Crippen LogP contribution in [0.4, 0.5) is 0 Å². The molecule has 3 rings (SSSR count). The minimum atomic E-state index is -3.72. The van der Waals surface area contributed by atoms with Crippen molar-refractivity contribution in [3.8, 4) is 0 Å². The molecule has 0 unspecified atom stereocenters. The highest BCUT2D eigenvalue weighted by Crippen LogP contribution is 2.31. The zero-order valence-electron chi connectivity index (χ0n) is 15.2. The van der Waals surface area contributed by atoms with Crippen LogP contribution in [0.3, 0.4) is 0 Å². The average molecular weight is 369 g/mol. The molecule has 1 amide bonds. The lowest BCUT2D eigenvalue weighted by Crippen LogP contribution is -2.42. The van der Waals surface area contributed by atoms with E-state index in [9.17, 15) is 13.2 Å². The van der Waals surface area contributed by atoms with Gasteiger partial charge in [0.1, 0.15) is 4.90 Å². The molecule has 2 saturated heterocycles. The Hall–Kier alpha value is -1.38. The van der Waals surface area contributed by atoms with E-state index in [1.54, 1.807) is 11.8 Å². The number of carbonyl (C=O) groups excluding carboxylic acids is 1. The fraction of sp³-hybridized carbons (Fsp3) is 0.706. The van der Waals surface area contributed by atoms with Crippen LogP contribution in [0, 0.1) is 13.8 Å². The molecule has 2 aliphatic heterocycles. The highest BCUT2D eigenvalue weighted by Gasteiger charge is 2.37. The van der Waals surface area contributed by atoms with Gasteiger partial charge in [-0.3, -0.25) is 4.79 Å². The fourth-order valence-electron chi connectivity index (χ4n) is 3.66. The number of sulfonamides is 1. The van der Waals surface area contributed by atoms with E-state index in [0.717, 1.165) is 19.3 Å². The molecule has 1 aromatic rings. The Morgan fingerprint density at radius 1 is 0.960 bits per heavy atom. The summed E-state index contributed by atoms with van der Waals surface area (Å²) in [6.07, 6.45) is 3.07. The number of hydrogen-bond donors (Lipinski definition) is 0. The van der Waals surface area contributed by atoms with Gasteiger partial charge in [0.25, 0.3) is 5.91 Å². The Kier molecular flexibility index (Phi) is 5.22. The monoisotopic (exact) mass is 369 g/mol. The largest absolute Gasteiger partial charge is 0.379 e. The number of aromatic nitrogens is 1. The van der Waals surface area contributed by atoms with Crippen molar-refractivity contribution in [3.63, 3.8) is 0 Å². The number of nitrogens with zero attached hydrogens (tertiary/aromatic N) is 3. The van der Waals surface area contributed by atoms with Gasteiger partial charge in [-0.05, 0) is 33.1 Å². The third kappa shape index (κ3) is 3.22. The second kappa shape index (κ2) is 7.09. The van der Waals surface area contributed by atoms with Gasteiger partial charge in [-0.15, -0.1) is 0 Å². The first kappa shape index (κ1) is 18.4. The molecule has 140 valence electrons. The van der Waals surface area contributed by atoms with Crippen LogP contribution in [-0.2, 0) is 21.8 Å². The molecule has 2 aliphatic rings. The van der Waals surface area contributed by atoms with E-state index in [4.69, 9.17) is 4.74 Å². The lowest BCUT2D eigenvalue weighted by atomic mass is 10.1. The van der Waals surface area contributed by atoms with Gasteiger partial charge in [0.15, 0.2) is 0 Å². The Bertz CT molecular complexity index is 757. The fourth-order valence-corrected chi connectivity index (χ4v) is 5.55. The molecular formula is C17H27N3O4S. The molecule has 0 spiro atoms. The van der Waals surface area contributed by atoms with Crippen LogP contribution in [0.25, 0.3) is 0 Å². The lowest BCUT2D eigenvalue weighted by Gasteiger charge is -2.29. The molecule has 0 aliphatic carbocycles. The van der Waals surface area contributed by atoms with Crippen molar-refractivity contribution in [2.45, 2.75) is 38.0 Å². The summed E-state index contributed by atoms with van der Waals surface area (Å²) in [6, 6.07) is 0. The number of likely N-dealkylation sites (tertiary alicyclic amines) is 1. The first-order valence-corrected chi connectivity index (χ1v) is 10.3. The van der Waals surface area contributed by atoms with Crippen molar-refractivity contribution in [2.75, 3.05) is 39.4 Å². The van der Waals surface area contributed by atoms with Crippen LogP contribution in [0.2, 0.25) is 0 Å². The Labute approximate surface area is 149 Å². The lowest BCUT2D eigenvalue weighted by molar-refractivity contribution is 0.0711. The van der Waals surface area contributed by atoms with Crippen molar-refractivity contribution >= 4 is 15.9 Å². The van der Waals surface area contributed by atoms with Gasteiger partial charge in [-0.25, -0.2) is 8.42 Å². The van der Waals surface area contributed by atoms with Crippen LogP contribution in [0.15, 0.2) is 4.90 Å². The molecule has 0 radical (unpaired) electrons. The van der Waals surface area contributed by atoms with Gasteiger partial charge >= 0.3 is 0 Å². The number of rotatable bonds is 3. The quantitative estimate of drug-likeness (QED) is 0.805. The van der Waals surface area contributed by atoms with Crippen LogP contribution in [0.1, 0.15) is 41.0 Å². The molecule has 3 heterocycles. The number of piperidine rings is 1. The molecular weight excluding hydrogens is 342 g/mol. The zero-order valence-corrected chi connectivity index (χ0v) is 16.1. The maximum Gasteiger partial charge on any atom is 0.257 e. The topological polar surface area (TPSA) is 71.8 Å². The Morgan fingerprint density at radius 3 is 2.16 bits per heavy atom. The van der Waals surface area contributed by atoms with Crippen molar-refractivity contribution in [3.05, 3.63) is 17.0 Å². The van der Waals surface area contributed by atoms with Gasteiger partial charge in [-0.2, -0.15) is 4.31 Å². The van der Waals surface area contributed by atoms with E-state index < -0.39 is 10.0 Å². The molecule has 0 bridgehead atoms. The predicted octanol–water partition coefficient (Wildman–Crippen LogP) is 1.29. The summed E-state index contributed by atoms with van der Waals surface area (Å²) in [5.41, 5.74) is 1.66. The highest BCUT2D eigenvalue weighted by molar-refractivity contribution is 7.89. The second-order valence-corrected chi connectivity index (χ2v) is 8.68. The number of amides is 1. The first-order valence-electron chi connectivity index (χ1n) is 8.88. The van der Waals surface area contributed by atoms with Gasteiger partial charge < -0.3 is 14.2 Å². The normalized spacial score (nSPS) is 20.0. The SMILES string of the molecule is Cc1c(C(=O)N2CCCCC2)c(S(=O)(=O)N2CCOCC2)c(C)n1C. The number of hydrogen-bond acceptors (Lipinski definition) is 4. The number of morpholine rings is 1. The molecule has 8 heteroatoms. The number of carbonyl (C=O) groups is 1. The summed E-state index contributed by atoms with van der Waals surface area (Å²) in [6.45, 7) is 6.42. The standard InChI is InChI=1S/C17H27N3O4S/c1-13-15(17(21)19-7-5-4-6-8-19)16(14(2)18(13)3)25(22,23)20-9-11-24-12-10-20/h4-12H2,1-3H3. The van der Waals surface area contributed by atoms with E-state index >= 15 is 0 Å². The molecule has 2 fully saturated rings. The highest BCUT2D eigenvalue weighted by atomic mass is 32.2. The van der Waals surface area contributed by atoms with Gasteiger partial charge in [0.05, 0.1) is 18.8 Å². The van der Waals surface area contributed by atoms with Crippen molar-refractivity contribution in [2.24, 2.45) is 7.05 Å². The van der Waals surface area contributed by atoms with Crippen molar-refractivity contribution in [1.82, 2.24) is 13.8 Å². The van der Waals surface area contributed by atoms with E-state index in [1.807, 2.05) is 18.5 Å². The summed E-state index contributed by atoms with van der Waals surface area (Å²) < 4.78 is 35.1.